The summed E-state index contributed by atoms with van der Waals surface area (Å²) < 4.78 is 0. The van der Waals surface area contributed by atoms with E-state index in [1.165, 1.54) is 11.1 Å². The molecule has 1 atom stereocenters. The van der Waals surface area contributed by atoms with E-state index in [0.29, 0.717) is 25.4 Å². The Kier molecular flexibility index (Phi) is 7.25. The summed E-state index contributed by atoms with van der Waals surface area (Å²) in [5.74, 6) is -0.279. The average Bonchev–Trinajstić information content (AvgIpc) is 2.55. The Balaban J connectivity index is 1.68. The van der Waals surface area contributed by atoms with Gasteiger partial charge in [0, 0.05) is 19.5 Å². The number of amides is 1. The molecule has 0 aliphatic carbocycles. The van der Waals surface area contributed by atoms with Crippen LogP contribution in [0.1, 0.15) is 36.8 Å². The second-order valence-electron chi connectivity index (χ2n) is 6.70. The molecule has 0 bridgehead atoms. The van der Waals surface area contributed by atoms with E-state index in [1.807, 2.05) is 12.1 Å². The first-order valence-corrected chi connectivity index (χ1v) is 8.80. The monoisotopic (exact) mass is 332 g/mol. The van der Waals surface area contributed by atoms with Gasteiger partial charge in [-0.05, 0) is 56.2 Å². The molecule has 1 unspecified atom stereocenters. The third-order valence-electron chi connectivity index (χ3n) is 4.71. The minimum Gasteiger partial charge on any atom is -0.481 e. The van der Waals surface area contributed by atoms with Crippen molar-refractivity contribution in [2.75, 3.05) is 26.2 Å². The summed E-state index contributed by atoms with van der Waals surface area (Å²) in [7, 11) is 0. The van der Waals surface area contributed by atoms with E-state index in [1.54, 1.807) is 0 Å². The van der Waals surface area contributed by atoms with Gasteiger partial charge in [-0.2, -0.15) is 0 Å². The Morgan fingerprint density at radius 3 is 2.88 bits per heavy atom. The number of hydrogen-bond donors (Lipinski definition) is 2. The van der Waals surface area contributed by atoms with Crippen LogP contribution in [-0.2, 0) is 16.0 Å². The minimum atomic E-state index is -0.735. The second kappa shape index (κ2) is 9.42. The molecule has 2 N–H and O–H groups in total. The number of likely N-dealkylation sites (tertiary alicyclic amines) is 1. The second-order valence-corrected chi connectivity index (χ2v) is 6.70. The molecule has 5 nitrogen and oxygen atoms in total. The molecule has 2 rings (SSSR count). The van der Waals surface area contributed by atoms with E-state index >= 15 is 0 Å². The highest BCUT2D eigenvalue weighted by molar-refractivity contribution is 5.78. The number of carboxylic acid groups (broad SMARTS) is 1. The molecule has 1 amide bonds. The molecule has 0 aromatic heterocycles. The van der Waals surface area contributed by atoms with Crippen molar-refractivity contribution < 1.29 is 14.7 Å². The van der Waals surface area contributed by atoms with Gasteiger partial charge in [0.1, 0.15) is 0 Å². The highest BCUT2D eigenvalue weighted by atomic mass is 16.4. The maximum absolute atomic E-state index is 12.1. The van der Waals surface area contributed by atoms with Crippen molar-refractivity contribution in [3.8, 4) is 0 Å². The Labute approximate surface area is 144 Å². The van der Waals surface area contributed by atoms with E-state index in [4.69, 9.17) is 5.11 Å². The number of carboxylic acids is 1. The van der Waals surface area contributed by atoms with E-state index in [2.05, 4.69) is 29.3 Å². The zero-order chi connectivity index (χ0) is 17.4. The summed E-state index contributed by atoms with van der Waals surface area (Å²) in [6.07, 6.45) is 3.89. The van der Waals surface area contributed by atoms with Gasteiger partial charge < -0.3 is 10.4 Å². The van der Waals surface area contributed by atoms with Gasteiger partial charge in [0.15, 0.2) is 0 Å². The van der Waals surface area contributed by atoms with Crippen LogP contribution in [0.2, 0.25) is 0 Å². The van der Waals surface area contributed by atoms with Crippen molar-refractivity contribution in [3.05, 3.63) is 35.4 Å². The van der Waals surface area contributed by atoms with E-state index in [9.17, 15) is 9.59 Å². The van der Waals surface area contributed by atoms with E-state index < -0.39 is 5.97 Å². The fourth-order valence-electron chi connectivity index (χ4n) is 3.34. The zero-order valence-electron chi connectivity index (χ0n) is 14.5. The van der Waals surface area contributed by atoms with E-state index in [0.717, 1.165) is 32.4 Å². The summed E-state index contributed by atoms with van der Waals surface area (Å²) in [4.78, 5) is 24.9. The van der Waals surface area contributed by atoms with Crippen LogP contribution in [0, 0.1) is 12.8 Å². The molecule has 1 saturated heterocycles. The van der Waals surface area contributed by atoms with Gasteiger partial charge in [-0.1, -0.05) is 24.3 Å². The Bertz CT molecular complexity index is 559. The van der Waals surface area contributed by atoms with Crippen LogP contribution >= 0.6 is 0 Å². The molecular weight excluding hydrogens is 304 g/mol. The van der Waals surface area contributed by atoms with Crippen molar-refractivity contribution in [1.29, 1.82) is 0 Å². The molecule has 24 heavy (non-hydrogen) atoms. The lowest BCUT2D eigenvalue weighted by atomic mass is 9.93. The molecule has 1 fully saturated rings. The van der Waals surface area contributed by atoms with Gasteiger partial charge in [-0.3, -0.25) is 14.5 Å². The van der Waals surface area contributed by atoms with Crippen LogP contribution in [0.3, 0.4) is 0 Å². The van der Waals surface area contributed by atoms with Crippen LogP contribution in [0.4, 0.5) is 0 Å². The predicted octanol–water partition coefficient (Wildman–Crippen LogP) is 2.23. The Hall–Kier alpha value is -1.88. The lowest BCUT2D eigenvalue weighted by Crippen LogP contribution is -2.43. The molecule has 1 aliphatic heterocycles. The molecule has 0 radical (unpaired) electrons. The fraction of sp³-hybridized carbons (Fsp3) is 0.579. The minimum absolute atomic E-state index is 0.0578. The molecule has 0 saturated carbocycles. The largest absolute Gasteiger partial charge is 0.481 e. The number of aryl methyl sites for hydroxylation is 1. The molecular formula is C19H28N2O3. The third-order valence-corrected chi connectivity index (χ3v) is 4.71. The number of aliphatic carboxylic acids is 1. The quantitative estimate of drug-likeness (QED) is 0.766. The topological polar surface area (TPSA) is 69.6 Å². The van der Waals surface area contributed by atoms with E-state index in [-0.39, 0.29) is 12.3 Å². The predicted molar refractivity (Wildman–Crippen MR) is 93.9 cm³/mol. The first-order chi connectivity index (χ1) is 11.5. The molecule has 1 aromatic carbocycles. The van der Waals surface area contributed by atoms with Crippen molar-refractivity contribution in [2.24, 2.45) is 5.92 Å². The lowest BCUT2D eigenvalue weighted by Gasteiger charge is -2.32. The summed E-state index contributed by atoms with van der Waals surface area (Å²) in [5.41, 5.74) is 2.52. The lowest BCUT2D eigenvalue weighted by molar-refractivity contribution is -0.137. The molecule has 1 aromatic rings. The van der Waals surface area contributed by atoms with Crippen molar-refractivity contribution in [2.45, 2.75) is 39.0 Å². The van der Waals surface area contributed by atoms with Crippen LogP contribution < -0.4 is 5.32 Å². The third kappa shape index (κ3) is 6.32. The van der Waals surface area contributed by atoms with Gasteiger partial charge in [0.05, 0.1) is 6.54 Å². The summed E-state index contributed by atoms with van der Waals surface area (Å²) in [6, 6.07) is 8.23. The number of rotatable bonds is 8. The van der Waals surface area contributed by atoms with Crippen LogP contribution in [-0.4, -0.2) is 48.1 Å². The highest BCUT2D eigenvalue weighted by Gasteiger charge is 2.21. The summed E-state index contributed by atoms with van der Waals surface area (Å²) >= 11 is 0. The normalized spacial score (nSPS) is 18.3. The molecule has 0 spiro atoms. The van der Waals surface area contributed by atoms with Crippen molar-refractivity contribution in [1.82, 2.24) is 10.2 Å². The first-order valence-electron chi connectivity index (χ1n) is 8.80. The number of nitrogens with one attached hydrogen (secondary N) is 1. The molecule has 132 valence electrons. The maximum atomic E-state index is 12.1. The van der Waals surface area contributed by atoms with Crippen LogP contribution in [0.25, 0.3) is 0 Å². The number of piperidine rings is 1. The van der Waals surface area contributed by atoms with Gasteiger partial charge >= 0.3 is 5.97 Å². The summed E-state index contributed by atoms with van der Waals surface area (Å²) in [5, 5.41) is 11.8. The van der Waals surface area contributed by atoms with Crippen LogP contribution in [0.5, 0.6) is 0 Å². The SMILES string of the molecule is Cc1ccccc1CCNC(=O)CN1CCCC(CCC(=O)O)C1. The van der Waals surface area contributed by atoms with Gasteiger partial charge in [0.25, 0.3) is 0 Å². The standard InChI is InChI=1S/C19H28N2O3/c1-15-5-2-3-7-17(15)10-11-20-18(22)14-21-12-4-6-16(13-21)8-9-19(23)24/h2-3,5,7,16H,4,6,8-14H2,1H3,(H,20,22)(H,23,24). The Morgan fingerprint density at radius 2 is 2.12 bits per heavy atom. The number of hydrogen-bond acceptors (Lipinski definition) is 3. The molecule has 1 aliphatic rings. The fourth-order valence-corrected chi connectivity index (χ4v) is 3.34. The number of carbonyl (C=O) groups excluding carboxylic acids is 1. The first kappa shape index (κ1) is 18.5. The smallest absolute Gasteiger partial charge is 0.303 e. The highest BCUT2D eigenvalue weighted by Crippen LogP contribution is 2.20. The van der Waals surface area contributed by atoms with Gasteiger partial charge in [-0.25, -0.2) is 0 Å². The molecule has 5 heteroatoms. The summed E-state index contributed by atoms with van der Waals surface area (Å²) in [6.45, 7) is 4.91. The zero-order valence-corrected chi connectivity index (χ0v) is 14.5. The Morgan fingerprint density at radius 1 is 1.33 bits per heavy atom. The van der Waals surface area contributed by atoms with Gasteiger partial charge in [-0.15, -0.1) is 0 Å². The van der Waals surface area contributed by atoms with Gasteiger partial charge in [0.2, 0.25) is 5.91 Å². The van der Waals surface area contributed by atoms with Crippen molar-refractivity contribution in [3.63, 3.8) is 0 Å². The number of nitrogens with zero attached hydrogens (tertiary/aromatic N) is 1. The maximum Gasteiger partial charge on any atom is 0.303 e. The number of benzene rings is 1. The van der Waals surface area contributed by atoms with Crippen LogP contribution in [0.15, 0.2) is 24.3 Å². The number of carbonyl (C=O) groups is 2. The van der Waals surface area contributed by atoms with Crippen molar-refractivity contribution >= 4 is 11.9 Å². The average molecular weight is 332 g/mol. The molecule has 1 heterocycles.